The Morgan fingerprint density at radius 1 is 1.13 bits per heavy atom. The van der Waals surface area contributed by atoms with Crippen molar-refractivity contribution in [2.24, 2.45) is 0 Å². The highest BCUT2D eigenvalue weighted by Crippen LogP contribution is 2.27. The van der Waals surface area contributed by atoms with E-state index in [9.17, 15) is 13.2 Å². The van der Waals surface area contributed by atoms with Gasteiger partial charge in [-0.25, -0.2) is 0 Å². The Labute approximate surface area is 96.5 Å². The zero-order chi connectivity index (χ0) is 11.5. The van der Waals surface area contributed by atoms with Crippen LogP contribution in [0.25, 0.3) is 0 Å². The Kier molecular flexibility index (Phi) is 4.86. The molecule has 1 atom stereocenters. The highest BCUT2D eigenvalue weighted by molar-refractivity contribution is 9.09. The Hall–Kier alpha value is 0.190. The third-order valence-electron chi connectivity index (χ3n) is 2.69. The van der Waals surface area contributed by atoms with Gasteiger partial charge in [0, 0.05) is 32.7 Å². The molecule has 1 fully saturated rings. The summed E-state index contributed by atoms with van der Waals surface area (Å²) in [6, 6.07) is 0. The van der Waals surface area contributed by atoms with Crippen LogP contribution in [0.3, 0.4) is 0 Å². The number of halogens is 4. The van der Waals surface area contributed by atoms with Crippen LogP contribution in [0.2, 0.25) is 0 Å². The van der Waals surface area contributed by atoms with E-state index >= 15 is 0 Å². The number of piperazine rings is 1. The van der Waals surface area contributed by atoms with Crippen LogP contribution in [0.5, 0.6) is 0 Å². The van der Waals surface area contributed by atoms with Crippen molar-refractivity contribution in [3.05, 3.63) is 0 Å². The molecule has 0 radical (unpaired) electrons. The highest BCUT2D eigenvalue weighted by Gasteiger charge is 2.38. The third kappa shape index (κ3) is 4.28. The van der Waals surface area contributed by atoms with Crippen molar-refractivity contribution in [2.75, 3.05) is 39.3 Å². The Morgan fingerprint density at radius 3 is 2.00 bits per heavy atom. The fourth-order valence-electron chi connectivity index (χ4n) is 1.62. The largest absolute Gasteiger partial charge is 0.402 e. The normalized spacial score (nSPS) is 23.0. The maximum absolute atomic E-state index is 12.3. The first-order valence-electron chi connectivity index (χ1n) is 5.09. The summed E-state index contributed by atoms with van der Waals surface area (Å²) in [7, 11) is 0. The molecular weight excluding hydrogens is 273 g/mol. The fourth-order valence-corrected chi connectivity index (χ4v) is 2.03. The zero-order valence-electron chi connectivity index (χ0n) is 8.73. The fraction of sp³-hybridized carbons (Fsp3) is 1.00. The molecule has 0 bridgehead atoms. The number of hydrogen-bond acceptors (Lipinski definition) is 2. The minimum atomic E-state index is -4.14. The van der Waals surface area contributed by atoms with Crippen LogP contribution in [-0.4, -0.2) is 60.1 Å². The number of nitrogens with zero attached hydrogens (tertiary/aromatic N) is 2. The Bertz CT molecular complexity index is 190. The Balaban J connectivity index is 2.29. The van der Waals surface area contributed by atoms with E-state index in [4.69, 9.17) is 0 Å². The summed E-state index contributed by atoms with van der Waals surface area (Å²) >= 11 is 2.69. The number of rotatable bonds is 3. The van der Waals surface area contributed by atoms with Crippen LogP contribution in [0, 0.1) is 0 Å². The van der Waals surface area contributed by atoms with Gasteiger partial charge in [0.1, 0.15) is 4.83 Å². The minimum absolute atomic E-state index is 0.0566. The lowest BCUT2D eigenvalue weighted by atomic mass is 10.3. The first kappa shape index (κ1) is 13.3. The summed E-state index contributed by atoms with van der Waals surface area (Å²) in [6.07, 6.45) is -4.14. The van der Waals surface area contributed by atoms with E-state index in [2.05, 4.69) is 27.8 Å². The first-order chi connectivity index (χ1) is 6.93. The molecular formula is C9H16BrF3N2. The maximum atomic E-state index is 12.3. The van der Waals surface area contributed by atoms with Crippen molar-refractivity contribution in [1.29, 1.82) is 0 Å². The van der Waals surface area contributed by atoms with Crippen molar-refractivity contribution >= 4 is 15.9 Å². The molecule has 0 amide bonds. The average Bonchev–Trinajstić information content (AvgIpc) is 2.17. The first-order valence-corrected chi connectivity index (χ1v) is 6.00. The number of likely N-dealkylation sites (N-methyl/N-ethyl adjacent to an activating group) is 1. The van der Waals surface area contributed by atoms with Crippen LogP contribution in [-0.2, 0) is 0 Å². The van der Waals surface area contributed by atoms with E-state index in [0.29, 0.717) is 0 Å². The highest BCUT2D eigenvalue weighted by atomic mass is 79.9. The number of hydrogen-bond donors (Lipinski definition) is 0. The van der Waals surface area contributed by atoms with Crippen molar-refractivity contribution in [2.45, 2.75) is 17.9 Å². The summed E-state index contributed by atoms with van der Waals surface area (Å²) in [5.74, 6) is 0. The van der Waals surface area contributed by atoms with Gasteiger partial charge in [0.2, 0.25) is 0 Å². The van der Waals surface area contributed by atoms with Crippen LogP contribution < -0.4 is 0 Å². The molecule has 90 valence electrons. The van der Waals surface area contributed by atoms with E-state index in [-0.39, 0.29) is 6.54 Å². The van der Waals surface area contributed by atoms with Gasteiger partial charge in [-0.15, -0.1) is 0 Å². The predicted molar refractivity (Wildman–Crippen MR) is 57.3 cm³/mol. The average molecular weight is 289 g/mol. The topological polar surface area (TPSA) is 6.48 Å². The van der Waals surface area contributed by atoms with Crippen LogP contribution in [0.4, 0.5) is 13.2 Å². The smallest absolute Gasteiger partial charge is 0.301 e. The summed E-state index contributed by atoms with van der Waals surface area (Å²) < 4.78 is 36.8. The molecule has 6 heteroatoms. The van der Waals surface area contributed by atoms with Crippen LogP contribution in [0.1, 0.15) is 6.92 Å². The zero-order valence-corrected chi connectivity index (χ0v) is 10.3. The predicted octanol–water partition coefficient (Wildman–Crippen LogP) is 1.95. The third-order valence-corrected chi connectivity index (χ3v) is 3.49. The van der Waals surface area contributed by atoms with Crippen molar-refractivity contribution < 1.29 is 13.2 Å². The molecule has 1 aliphatic heterocycles. The van der Waals surface area contributed by atoms with Gasteiger partial charge in [0.15, 0.2) is 0 Å². The molecule has 0 aromatic rings. The monoisotopic (exact) mass is 288 g/mol. The number of alkyl halides is 4. The standard InChI is InChI=1S/C9H16BrF3N2/c1-2-14-3-5-15(6-4-14)7-8(10)9(11,12)13/h8H,2-7H2,1H3. The Morgan fingerprint density at radius 2 is 1.60 bits per heavy atom. The van der Waals surface area contributed by atoms with Crippen molar-refractivity contribution in [1.82, 2.24) is 9.80 Å². The molecule has 1 saturated heterocycles. The summed E-state index contributed by atoms with van der Waals surface area (Å²) in [5, 5.41) is 0. The van der Waals surface area contributed by atoms with E-state index in [1.807, 2.05) is 4.90 Å². The molecule has 1 heterocycles. The van der Waals surface area contributed by atoms with Gasteiger partial charge in [0.05, 0.1) is 0 Å². The van der Waals surface area contributed by atoms with E-state index in [1.165, 1.54) is 0 Å². The van der Waals surface area contributed by atoms with Crippen molar-refractivity contribution in [3.63, 3.8) is 0 Å². The second-order valence-corrected chi connectivity index (χ2v) is 4.85. The molecule has 1 aliphatic rings. The van der Waals surface area contributed by atoms with Gasteiger partial charge in [-0.2, -0.15) is 13.2 Å². The molecule has 15 heavy (non-hydrogen) atoms. The second-order valence-electron chi connectivity index (χ2n) is 3.74. The molecule has 0 spiro atoms. The molecule has 0 N–H and O–H groups in total. The van der Waals surface area contributed by atoms with Gasteiger partial charge in [-0.1, -0.05) is 22.9 Å². The SMILES string of the molecule is CCN1CCN(CC(Br)C(F)(F)F)CC1. The summed E-state index contributed by atoms with van der Waals surface area (Å²) in [6.45, 7) is 6.30. The van der Waals surface area contributed by atoms with E-state index < -0.39 is 11.0 Å². The molecule has 0 aromatic heterocycles. The summed E-state index contributed by atoms with van der Waals surface area (Å²) in [4.78, 5) is 2.70. The van der Waals surface area contributed by atoms with Gasteiger partial charge < -0.3 is 4.90 Å². The molecule has 1 unspecified atom stereocenters. The molecule has 1 rings (SSSR count). The molecule has 2 nitrogen and oxygen atoms in total. The van der Waals surface area contributed by atoms with Crippen molar-refractivity contribution in [3.8, 4) is 0 Å². The summed E-state index contributed by atoms with van der Waals surface area (Å²) in [5.41, 5.74) is 0. The van der Waals surface area contributed by atoms with Gasteiger partial charge in [-0.05, 0) is 6.54 Å². The molecule has 0 saturated carbocycles. The quantitative estimate of drug-likeness (QED) is 0.733. The maximum Gasteiger partial charge on any atom is 0.402 e. The molecule has 0 aromatic carbocycles. The minimum Gasteiger partial charge on any atom is -0.301 e. The lowest BCUT2D eigenvalue weighted by Crippen LogP contribution is -2.49. The van der Waals surface area contributed by atoms with Crippen LogP contribution >= 0.6 is 15.9 Å². The second kappa shape index (κ2) is 5.50. The molecule has 0 aliphatic carbocycles. The van der Waals surface area contributed by atoms with E-state index in [0.717, 1.165) is 32.7 Å². The van der Waals surface area contributed by atoms with E-state index in [1.54, 1.807) is 0 Å². The van der Waals surface area contributed by atoms with Gasteiger partial charge in [-0.3, -0.25) is 4.90 Å². The van der Waals surface area contributed by atoms with Crippen LogP contribution in [0.15, 0.2) is 0 Å². The lowest BCUT2D eigenvalue weighted by Gasteiger charge is -2.35. The lowest BCUT2D eigenvalue weighted by molar-refractivity contribution is -0.131. The van der Waals surface area contributed by atoms with Gasteiger partial charge in [0.25, 0.3) is 0 Å². The van der Waals surface area contributed by atoms with Gasteiger partial charge >= 0.3 is 6.18 Å².